The molecule has 22 heavy (non-hydrogen) atoms. The van der Waals surface area contributed by atoms with Crippen LogP contribution in [0.15, 0.2) is 29.4 Å². The van der Waals surface area contributed by atoms with Crippen LogP contribution < -0.4 is 0 Å². The third-order valence-corrected chi connectivity index (χ3v) is 4.35. The Bertz CT molecular complexity index is 864. The summed E-state index contributed by atoms with van der Waals surface area (Å²) in [5.74, 6) is 1.27. The molecule has 0 saturated carbocycles. The molecule has 0 aliphatic carbocycles. The highest BCUT2D eigenvalue weighted by molar-refractivity contribution is 7.99. The van der Waals surface area contributed by atoms with Crippen molar-refractivity contribution in [3.8, 4) is 0 Å². The van der Waals surface area contributed by atoms with Gasteiger partial charge in [0, 0.05) is 10.8 Å². The topological polar surface area (TPSA) is 60.2 Å². The predicted octanol–water partition coefficient (Wildman–Crippen LogP) is 3.29. The number of rotatable bonds is 3. The molecule has 1 aromatic carbocycles. The first-order chi connectivity index (χ1) is 10.4. The molecular weight excluding hydrogens is 296 g/mol. The average molecular weight is 314 g/mol. The molecule has 3 rings (SSSR count). The van der Waals surface area contributed by atoms with Crippen molar-refractivity contribution >= 4 is 34.1 Å². The van der Waals surface area contributed by atoms with Gasteiger partial charge in [0.25, 0.3) is 0 Å². The number of carbonyl (C=O) groups excluding carboxylic acids is 1. The lowest BCUT2D eigenvalue weighted by Gasteiger charge is -2.15. The molecule has 2 heterocycles. The summed E-state index contributed by atoms with van der Waals surface area (Å²) in [5, 5.41) is 6.08. The van der Waals surface area contributed by atoms with Crippen molar-refractivity contribution in [2.75, 3.05) is 5.75 Å². The molecule has 0 saturated heterocycles. The van der Waals surface area contributed by atoms with E-state index >= 15 is 0 Å². The third kappa shape index (κ3) is 2.70. The van der Waals surface area contributed by atoms with Crippen LogP contribution in [0.4, 0.5) is 0 Å². The number of benzene rings is 1. The summed E-state index contributed by atoms with van der Waals surface area (Å²) in [6.45, 7) is 7.65. The van der Waals surface area contributed by atoms with Crippen LogP contribution in [0.3, 0.4) is 0 Å². The summed E-state index contributed by atoms with van der Waals surface area (Å²) in [4.78, 5) is 21.3. The van der Waals surface area contributed by atoms with Gasteiger partial charge in [-0.2, -0.15) is 4.52 Å². The molecular formula is C16H18N4OS. The Hall–Kier alpha value is -1.95. The summed E-state index contributed by atoms with van der Waals surface area (Å²) in [7, 11) is 0. The fourth-order valence-corrected chi connectivity index (χ4v) is 3.18. The zero-order valence-corrected chi connectivity index (χ0v) is 13.9. The molecule has 0 radical (unpaired) electrons. The predicted molar refractivity (Wildman–Crippen MR) is 88.2 cm³/mol. The maximum Gasteiger partial charge on any atom is 0.191 e. The molecule has 0 aliphatic rings. The van der Waals surface area contributed by atoms with Gasteiger partial charge in [0.15, 0.2) is 10.8 Å². The summed E-state index contributed by atoms with van der Waals surface area (Å²) in [5.41, 5.74) is 1.31. The zero-order chi connectivity index (χ0) is 15.9. The van der Waals surface area contributed by atoms with E-state index in [2.05, 4.69) is 15.1 Å². The number of Topliss-reactive ketones (excluding diaryl/α,β-unsaturated/α-hetero) is 1. The lowest BCUT2D eigenvalue weighted by molar-refractivity contribution is -0.123. The van der Waals surface area contributed by atoms with E-state index in [1.54, 1.807) is 4.52 Å². The second kappa shape index (κ2) is 5.35. The van der Waals surface area contributed by atoms with Crippen LogP contribution in [0.1, 0.15) is 26.6 Å². The molecule has 114 valence electrons. The van der Waals surface area contributed by atoms with E-state index in [1.807, 2.05) is 52.0 Å². The van der Waals surface area contributed by atoms with Gasteiger partial charge in [-0.1, -0.05) is 44.7 Å². The van der Waals surface area contributed by atoms with Gasteiger partial charge in [0.2, 0.25) is 0 Å². The Morgan fingerprint density at radius 1 is 1.23 bits per heavy atom. The van der Waals surface area contributed by atoms with E-state index in [-0.39, 0.29) is 11.2 Å². The molecule has 0 atom stereocenters. The number of para-hydroxylation sites is 1. The largest absolute Gasteiger partial charge is 0.298 e. The van der Waals surface area contributed by atoms with Gasteiger partial charge in [0.1, 0.15) is 11.6 Å². The highest BCUT2D eigenvalue weighted by Crippen LogP contribution is 2.26. The number of hydrogen-bond acceptors (Lipinski definition) is 5. The van der Waals surface area contributed by atoms with Crippen LogP contribution >= 0.6 is 11.8 Å². The van der Waals surface area contributed by atoms with Crippen molar-refractivity contribution in [1.82, 2.24) is 19.6 Å². The molecule has 2 aromatic heterocycles. The van der Waals surface area contributed by atoms with Crippen LogP contribution in [0.2, 0.25) is 0 Å². The van der Waals surface area contributed by atoms with Gasteiger partial charge in [-0.15, -0.1) is 5.10 Å². The second-order valence-corrected chi connectivity index (χ2v) is 7.21. The van der Waals surface area contributed by atoms with Crippen LogP contribution in [-0.4, -0.2) is 31.1 Å². The normalized spacial score (nSPS) is 12.2. The van der Waals surface area contributed by atoms with Crippen molar-refractivity contribution in [1.29, 1.82) is 0 Å². The molecule has 0 N–H and O–H groups in total. The lowest BCUT2D eigenvalue weighted by Crippen LogP contribution is -2.22. The SMILES string of the molecule is Cc1nc2c3ccccc3nc(SCC(=O)C(C)(C)C)n2n1. The van der Waals surface area contributed by atoms with E-state index < -0.39 is 0 Å². The molecule has 3 aromatic rings. The number of hydrogen-bond donors (Lipinski definition) is 0. The van der Waals surface area contributed by atoms with Crippen LogP contribution in [0.25, 0.3) is 16.6 Å². The fourth-order valence-electron chi connectivity index (χ4n) is 2.07. The number of fused-ring (bicyclic) bond motifs is 3. The Kier molecular flexibility index (Phi) is 3.64. The van der Waals surface area contributed by atoms with Gasteiger partial charge in [0.05, 0.1) is 11.3 Å². The zero-order valence-electron chi connectivity index (χ0n) is 13.1. The van der Waals surface area contributed by atoms with Crippen molar-refractivity contribution in [3.05, 3.63) is 30.1 Å². The maximum atomic E-state index is 12.1. The van der Waals surface area contributed by atoms with E-state index in [0.29, 0.717) is 16.7 Å². The first-order valence-electron chi connectivity index (χ1n) is 7.14. The molecule has 0 amide bonds. The highest BCUT2D eigenvalue weighted by atomic mass is 32.2. The summed E-state index contributed by atoms with van der Waals surface area (Å²) in [6.07, 6.45) is 0. The molecule has 6 heteroatoms. The number of carbonyl (C=O) groups is 1. The maximum absolute atomic E-state index is 12.1. The van der Waals surface area contributed by atoms with Crippen LogP contribution in [-0.2, 0) is 4.79 Å². The van der Waals surface area contributed by atoms with Gasteiger partial charge < -0.3 is 0 Å². The minimum absolute atomic E-state index is 0.192. The number of aromatic nitrogens is 4. The Balaban J connectivity index is 2.06. The monoisotopic (exact) mass is 314 g/mol. The third-order valence-electron chi connectivity index (χ3n) is 3.42. The molecule has 0 spiro atoms. The minimum Gasteiger partial charge on any atom is -0.298 e. The Morgan fingerprint density at radius 3 is 2.68 bits per heavy atom. The van der Waals surface area contributed by atoms with Crippen LogP contribution in [0.5, 0.6) is 0 Å². The molecule has 0 aliphatic heterocycles. The Morgan fingerprint density at radius 2 is 1.95 bits per heavy atom. The van der Waals surface area contributed by atoms with E-state index in [4.69, 9.17) is 0 Å². The highest BCUT2D eigenvalue weighted by Gasteiger charge is 2.22. The van der Waals surface area contributed by atoms with Crippen molar-refractivity contribution < 1.29 is 4.79 Å². The summed E-state index contributed by atoms with van der Waals surface area (Å²) in [6, 6.07) is 7.85. The number of ketones is 1. The van der Waals surface area contributed by atoms with E-state index in [0.717, 1.165) is 16.6 Å². The van der Waals surface area contributed by atoms with E-state index in [1.165, 1.54) is 11.8 Å². The fraction of sp³-hybridized carbons (Fsp3) is 0.375. The molecule has 0 unspecified atom stereocenters. The summed E-state index contributed by atoms with van der Waals surface area (Å²) < 4.78 is 1.73. The van der Waals surface area contributed by atoms with Crippen molar-refractivity contribution in [3.63, 3.8) is 0 Å². The van der Waals surface area contributed by atoms with Gasteiger partial charge >= 0.3 is 0 Å². The van der Waals surface area contributed by atoms with Crippen molar-refractivity contribution in [2.45, 2.75) is 32.9 Å². The quantitative estimate of drug-likeness (QED) is 0.548. The molecule has 5 nitrogen and oxygen atoms in total. The van der Waals surface area contributed by atoms with Crippen LogP contribution in [0, 0.1) is 12.3 Å². The smallest absolute Gasteiger partial charge is 0.191 e. The summed E-state index contributed by atoms with van der Waals surface area (Å²) >= 11 is 1.41. The standard InChI is InChI=1S/C16H18N4OS/c1-10-17-14-11-7-5-6-8-12(11)18-15(20(14)19-10)22-9-13(21)16(2,3)4/h5-8H,9H2,1-4H3. The van der Waals surface area contributed by atoms with Gasteiger partial charge in [-0.3, -0.25) is 4.79 Å². The van der Waals surface area contributed by atoms with Gasteiger partial charge in [-0.05, 0) is 19.1 Å². The average Bonchev–Trinajstić information content (AvgIpc) is 2.85. The number of aryl methyl sites for hydroxylation is 1. The Labute approximate surface area is 133 Å². The number of thioether (sulfide) groups is 1. The number of nitrogens with zero attached hydrogens (tertiary/aromatic N) is 4. The van der Waals surface area contributed by atoms with Gasteiger partial charge in [-0.25, -0.2) is 9.97 Å². The molecule has 0 bridgehead atoms. The second-order valence-electron chi connectivity index (χ2n) is 6.27. The lowest BCUT2D eigenvalue weighted by atomic mass is 9.92. The first kappa shape index (κ1) is 15.0. The first-order valence-corrected chi connectivity index (χ1v) is 8.13. The minimum atomic E-state index is -0.346. The van der Waals surface area contributed by atoms with E-state index in [9.17, 15) is 4.79 Å². The molecule has 0 fully saturated rings. The van der Waals surface area contributed by atoms with Crippen molar-refractivity contribution in [2.24, 2.45) is 5.41 Å².